The molecule has 4 nitrogen and oxygen atoms in total. The molecule has 1 heterocycles. The zero-order valence-electron chi connectivity index (χ0n) is 13.4. The molecule has 2 rings (SSSR count). The zero-order chi connectivity index (χ0) is 15.2. The van der Waals surface area contributed by atoms with Crippen LogP contribution in [0.4, 0.5) is 4.79 Å². The van der Waals surface area contributed by atoms with Crippen LogP contribution in [0.5, 0.6) is 0 Å². The van der Waals surface area contributed by atoms with Gasteiger partial charge in [0.15, 0.2) is 0 Å². The lowest BCUT2D eigenvalue weighted by Gasteiger charge is -2.41. The van der Waals surface area contributed by atoms with E-state index in [-0.39, 0.29) is 12.1 Å². The number of urea groups is 1. The van der Waals surface area contributed by atoms with Crippen LogP contribution in [0.25, 0.3) is 0 Å². The minimum Gasteiger partial charge on any atom is -0.325 e. The van der Waals surface area contributed by atoms with Gasteiger partial charge in [0.2, 0.25) is 0 Å². The smallest absolute Gasteiger partial charge is 0.320 e. The molecular weight excluding hydrogens is 262 g/mol. The van der Waals surface area contributed by atoms with Gasteiger partial charge in [-0.25, -0.2) is 4.79 Å². The van der Waals surface area contributed by atoms with Gasteiger partial charge in [0, 0.05) is 38.3 Å². The quantitative estimate of drug-likeness (QED) is 0.923. The van der Waals surface area contributed by atoms with E-state index in [1.807, 2.05) is 29.7 Å². The molecule has 1 aliphatic heterocycles. The molecule has 1 aromatic carbocycles. The second-order valence-electron chi connectivity index (χ2n) is 5.75. The van der Waals surface area contributed by atoms with Crippen LogP contribution in [0.15, 0.2) is 30.3 Å². The summed E-state index contributed by atoms with van der Waals surface area (Å²) in [4.78, 5) is 16.5. The van der Waals surface area contributed by atoms with Crippen LogP contribution in [0.2, 0.25) is 0 Å². The standard InChI is InChI=1S/C17H27N3O/c1-4-19(5-2)17(21)20-13-16(18-12-14(20)3)11-15-9-7-6-8-10-15/h6-10,14,16,18H,4-5,11-13H2,1-3H3. The lowest BCUT2D eigenvalue weighted by Crippen LogP contribution is -2.60. The molecule has 0 aliphatic carbocycles. The lowest BCUT2D eigenvalue weighted by molar-refractivity contribution is 0.115. The summed E-state index contributed by atoms with van der Waals surface area (Å²) >= 11 is 0. The molecule has 1 N–H and O–H groups in total. The van der Waals surface area contributed by atoms with Crippen molar-refractivity contribution in [1.82, 2.24) is 15.1 Å². The third kappa shape index (κ3) is 3.97. The van der Waals surface area contributed by atoms with Crippen molar-refractivity contribution in [2.45, 2.75) is 39.3 Å². The van der Waals surface area contributed by atoms with Gasteiger partial charge in [0.05, 0.1) is 0 Å². The highest BCUT2D eigenvalue weighted by Gasteiger charge is 2.30. The molecule has 1 aromatic rings. The summed E-state index contributed by atoms with van der Waals surface area (Å²) in [7, 11) is 0. The van der Waals surface area contributed by atoms with Crippen LogP contribution in [-0.4, -0.2) is 54.1 Å². The summed E-state index contributed by atoms with van der Waals surface area (Å²) in [6.45, 7) is 9.39. The number of piperazine rings is 1. The topological polar surface area (TPSA) is 35.6 Å². The highest BCUT2D eigenvalue weighted by Crippen LogP contribution is 2.13. The lowest BCUT2D eigenvalue weighted by atomic mass is 10.0. The van der Waals surface area contributed by atoms with E-state index < -0.39 is 0 Å². The van der Waals surface area contributed by atoms with Crippen molar-refractivity contribution in [1.29, 1.82) is 0 Å². The fourth-order valence-electron chi connectivity index (χ4n) is 2.91. The maximum Gasteiger partial charge on any atom is 0.320 e. The third-order valence-electron chi connectivity index (χ3n) is 4.26. The minimum absolute atomic E-state index is 0.173. The van der Waals surface area contributed by atoms with E-state index in [2.05, 4.69) is 36.5 Å². The number of amides is 2. The van der Waals surface area contributed by atoms with Crippen LogP contribution >= 0.6 is 0 Å². The van der Waals surface area contributed by atoms with Gasteiger partial charge in [0.1, 0.15) is 0 Å². The van der Waals surface area contributed by atoms with Gasteiger partial charge in [-0.3, -0.25) is 0 Å². The summed E-state index contributed by atoms with van der Waals surface area (Å²) in [5.41, 5.74) is 1.32. The second kappa shape index (κ2) is 7.46. The molecule has 116 valence electrons. The molecule has 1 fully saturated rings. The Balaban J connectivity index is 2.00. The number of nitrogens with one attached hydrogen (secondary N) is 1. The van der Waals surface area contributed by atoms with E-state index in [9.17, 15) is 4.79 Å². The van der Waals surface area contributed by atoms with Gasteiger partial charge in [-0.05, 0) is 32.8 Å². The van der Waals surface area contributed by atoms with Crippen LogP contribution in [-0.2, 0) is 6.42 Å². The molecule has 0 radical (unpaired) electrons. The molecule has 0 aromatic heterocycles. The van der Waals surface area contributed by atoms with E-state index in [1.165, 1.54) is 5.56 Å². The third-order valence-corrected chi connectivity index (χ3v) is 4.26. The Kier molecular flexibility index (Phi) is 5.62. The predicted molar refractivity (Wildman–Crippen MR) is 86.4 cm³/mol. The second-order valence-corrected chi connectivity index (χ2v) is 5.75. The summed E-state index contributed by atoms with van der Waals surface area (Å²) in [6.07, 6.45) is 0.968. The number of rotatable bonds is 4. The Morgan fingerprint density at radius 3 is 2.57 bits per heavy atom. The minimum atomic E-state index is 0.173. The van der Waals surface area contributed by atoms with Gasteiger partial charge in [0.25, 0.3) is 0 Å². The molecule has 0 saturated carbocycles. The van der Waals surface area contributed by atoms with Crippen LogP contribution < -0.4 is 5.32 Å². The van der Waals surface area contributed by atoms with Crippen molar-refractivity contribution in [3.8, 4) is 0 Å². The molecule has 2 unspecified atom stereocenters. The van der Waals surface area contributed by atoms with Crippen molar-refractivity contribution in [2.75, 3.05) is 26.2 Å². The Morgan fingerprint density at radius 2 is 1.95 bits per heavy atom. The number of carbonyl (C=O) groups is 1. The number of hydrogen-bond donors (Lipinski definition) is 1. The summed E-state index contributed by atoms with van der Waals surface area (Å²) < 4.78 is 0. The SMILES string of the molecule is CCN(CC)C(=O)N1CC(Cc2ccccc2)NCC1C. The molecule has 1 aliphatic rings. The summed E-state index contributed by atoms with van der Waals surface area (Å²) in [6, 6.07) is 11.2. The Hall–Kier alpha value is -1.55. The van der Waals surface area contributed by atoms with Gasteiger partial charge in [-0.15, -0.1) is 0 Å². The molecule has 1 saturated heterocycles. The Labute approximate surface area is 128 Å². The maximum atomic E-state index is 12.6. The average Bonchev–Trinajstić information content (AvgIpc) is 2.51. The van der Waals surface area contributed by atoms with Crippen molar-refractivity contribution in [3.05, 3.63) is 35.9 Å². The first-order chi connectivity index (χ1) is 10.2. The van der Waals surface area contributed by atoms with Gasteiger partial charge >= 0.3 is 6.03 Å². The van der Waals surface area contributed by atoms with Crippen molar-refractivity contribution >= 4 is 6.03 Å². The first-order valence-electron chi connectivity index (χ1n) is 7.98. The van der Waals surface area contributed by atoms with E-state index >= 15 is 0 Å². The van der Waals surface area contributed by atoms with Crippen molar-refractivity contribution in [3.63, 3.8) is 0 Å². The highest BCUT2D eigenvalue weighted by atomic mass is 16.2. The van der Waals surface area contributed by atoms with E-state index in [1.54, 1.807) is 0 Å². The first kappa shape index (κ1) is 15.8. The van der Waals surface area contributed by atoms with Crippen molar-refractivity contribution < 1.29 is 4.79 Å². The van der Waals surface area contributed by atoms with Gasteiger partial charge < -0.3 is 15.1 Å². The predicted octanol–water partition coefficient (Wildman–Crippen LogP) is 2.35. The Morgan fingerprint density at radius 1 is 1.29 bits per heavy atom. The van der Waals surface area contributed by atoms with E-state index in [0.717, 1.165) is 32.6 Å². The zero-order valence-corrected chi connectivity index (χ0v) is 13.4. The van der Waals surface area contributed by atoms with Gasteiger partial charge in [-0.2, -0.15) is 0 Å². The molecule has 21 heavy (non-hydrogen) atoms. The Bertz CT molecular complexity index is 445. The largest absolute Gasteiger partial charge is 0.325 e. The average molecular weight is 289 g/mol. The molecule has 0 bridgehead atoms. The number of hydrogen-bond acceptors (Lipinski definition) is 2. The summed E-state index contributed by atoms with van der Waals surface area (Å²) in [5, 5.41) is 3.56. The van der Waals surface area contributed by atoms with Crippen LogP contribution in [0.1, 0.15) is 26.3 Å². The highest BCUT2D eigenvalue weighted by molar-refractivity contribution is 5.75. The first-order valence-corrected chi connectivity index (χ1v) is 7.98. The number of carbonyl (C=O) groups excluding carboxylic acids is 1. The molecular formula is C17H27N3O. The molecule has 2 atom stereocenters. The fraction of sp³-hybridized carbons (Fsp3) is 0.588. The van der Waals surface area contributed by atoms with Crippen LogP contribution in [0.3, 0.4) is 0 Å². The molecule has 4 heteroatoms. The summed E-state index contributed by atoms with van der Waals surface area (Å²) in [5.74, 6) is 0. The fourth-order valence-corrected chi connectivity index (χ4v) is 2.91. The normalized spacial score (nSPS) is 22.1. The van der Waals surface area contributed by atoms with Gasteiger partial charge in [-0.1, -0.05) is 30.3 Å². The number of benzene rings is 1. The number of nitrogens with zero attached hydrogens (tertiary/aromatic N) is 2. The van der Waals surface area contributed by atoms with E-state index in [0.29, 0.717) is 6.04 Å². The van der Waals surface area contributed by atoms with Crippen LogP contribution in [0, 0.1) is 0 Å². The monoisotopic (exact) mass is 289 g/mol. The molecule has 2 amide bonds. The van der Waals surface area contributed by atoms with E-state index in [4.69, 9.17) is 0 Å². The van der Waals surface area contributed by atoms with Crippen molar-refractivity contribution in [2.24, 2.45) is 0 Å². The maximum absolute atomic E-state index is 12.6. The molecule has 0 spiro atoms.